The van der Waals surface area contributed by atoms with E-state index in [1.807, 2.05) is 159 Å². The predicted molar refractivity (Wildman–Crippen MR) is 356 cm³/mol. The summed E-state index contributed by atoms with van der Waals surface area (Å²) in [6.07, 6.45) is 0. The summed E-state index contributed by atoms with van der Waals surface area (Å²) < 4.78 is 195. The number of aryl methyl sites for hydroxylation is 1. The first-order valence-corrected chi connectivity index (χ1v) is 27.4. The highest BCUT2D eigenvalue weighted by molar-refractivity contribution is 7.00. The van der Waals surface area contributed by atoms with E-state index in [0.29, 0.717) is 67.3 Å². The molecular formula is C79H53BN4. The molecule has 2 aliphatic rings. The molecule has 13 aromatic carbocycles. The van der Waals surface area contributed by atoms with E-state index < -0.39 is 134 Å². The van der Waals surface area contributed by atoms with Gasteiger partial charge in [0.25, 0.3) is 6.71 Å². The van der Waals surface area contributed by atoms with Crippen molar-refractivity contribution in [3.8, 4) is 55.9 Å². The lowest BCUT2D eigenvalue weighted by Gasteiger charge is -2.44. The van der Waals surface area contributed by atoms with E-state index in [4.69, 9.17) is 15.1 Å². The minimum Gasteiger partial charge on any atom is -0.311 e. The fourth-order valence-electron chi connectivity index (χ4n) is 12.7. The molecule has 0 bridgehead atoms. The zero-order valence-electron chi connectivity index (χ0n) is 65.6. The molecule has 0 N–H and O–H groups in total. The largest absolute Gasteiger partial charge is 0.311 e. The van der Waals surface area contributed by atoms with Gasteiger partial charge >= 0.3 is 0 Å². The van der Waals surface area contributed by atoms with Gasteiger partial charge in [-0.1, -0.05) is 212 Å². The number of hydrogen-bond acceptors (Lipinski definition) is 2. The third kappa shape index (κ3) is 7.56. The summed E-state index contributed by atoms with van der Waals surface area (Å²) in [5.41, 5.74) is 11.4. The minimum absolute atomic E-state index is 0.0203. The highest BCUT2D eigenvalue weighted by Gasteiger charge is 2.44. The number of hydrogen-bond donors (Lipinski definition) is 0. The fourth-order valence-corrected chi connectivity index (χ4v) is 12.7. The van der Waals surface area contributed by atoms with Crippen molar-refractivity contribution in [2.45, 2.75) is 6.92 Å². The number of para-hydroxylation sites is 4. The van der Waals surface area contributed by atoms with Crippen molar-refractivity contribution in [3.05, 3.63) is 308 Å². The first-order chi connectivity index (χ1) is 50.3. The van der Waals surface area contributed by atoms with Crippen molar-refractivity contribution >= 4 is 101 Å². The van der Waals surface area contributed by atoms with Gasteiger partial charge in [-0.15, -0.1) is 0 Å². The van der Waals surface area contributed by atoms with E-state index in [1.54, 1.807) is 24.3 Å². The molecule has 0 unspecified atom stereocenters. The molecule has 0 saturated heterocycles. The lowest BCUT2D eigenvalue weighted by molar-refractivity contribution is 1.17. The van der Waals surface area contributed by atoms with E-state index in [-0.39, 0.29) is 60.5 Å². The second kappa shape index (κ2) is 19.1. The highest BCUT2D eigenvalue weighted by Crippen LogP contribution is 2.49. The molecule has 0 saturated carbocycles. The summed E-state index contributed by atoms with van der Waals surface area (Å²) in [5.74, 6) is 0. The standard InChI is InChI=1S/C79H53BN4/c1-52-45-58(55-23-9-4-10-24-55)47-59(46-52)60-48-77-79-78(49-60)82(62-39-35-57(36-40-62)54-21-7-3-8-22-54)76-51-64(84-73-31-17-13-27-67(73)68-28-14-18-32-74(68)84)42-44-70(76)80(79)69-43-41-63(83-71-29-15-11-25-65(71)66-26-12-16-30-72(66)83)50-75(69)81(77)61-37-33-56(34-38-61)53-19-5-2-6-20-53/h2-51H,1H3/i4D,9D,10D,11D,12D,13D,14D,15D,16D,17D,18D,23D,24D,25D,26D,27D,28D,29D,30D,31D,32D. The summed E-state index contributed by atoms with van der Waals surface area (Å²) in [6.45, 7) is 1.07. The van der Waals surface area contributed by atoms with Gasteiger partial charge in [-0.3, -0.25) is 0 Å². The van der Waals surface area contributed by atoms with Gasteiger partial charge in [0.15, 0.2) is 0 Å². The molecule has 5 heteroatoms. The molecule has 0 fully saturated rings. The Hall–Kier alpha value is -10.9. The van der Waals surface area contributed by atoms with E-state index in [2.05, 4.69) is 9.80 Å². The molecule has 84 heavy (non-hydrogen) atoms. The van der Waals surface area contributed by atoms with E-state index >= 15 is 0 Å². The number of benzene rings is 13. The summed E-state index contributed by atoms with van der Waals surface area (Å²) in [5, 5.41) is -0.451. The van der Waals surface area contributed by atoms with Crippen LogP contribution in [-0.2, 0) is 0 Å². The molecule has 4 heterocycles. The molecule has 0 radical (unpaired) electrons. The molecule has 0 atom stereocenters. The fraction of sp³-hybridized carbons (Fsp3) is 0.0127. The van der Waals surface area contributed by atoms with Crippen LogP contribution in [0.1, 0.15) is 34.3 Å². The lowest BCUT2D eigenvalue weighted by atomic mass is 9.33. The van der Waals surface area contributed by atoms with Gasteiger partial charge in [-0.05, 0) is 164 Å². The van der Waals surface area contributed by atoms with Gasteiger partial charge in [-0.25, -0.2) is 0 Å². The van der Waals surface area contributed by atoms with Crippen LogP contribution in [0, 0.1) is 6.92 Å². The Morgan fingerprint density at radius 1 is 0.286 bits per heavy atom. The van der Waals surface area contributed by atoms with Crippen molar-refractivity contribution in [1.82, 2.24) is 9.13 Å². The maximum absolute atomic E-state index is 9.59. The monoisotopic (exact) mass is 1090 g/mol. The van der Waals surface area contributed by atoms with Crippen LogP contribution in [-0.4, -0.2) is 15.8 Å². The number of aromatic nitrogens is 2. The van der Waals surface area contributed by atoms with Gasteiger partial charge in [0, 0.05) is 67.0 Å². The highest BCUT2D eigenvalue weighted by atomic mass is 15.2. The van der Waals surface area contributed by atoms with Crippen molar-refractivity contribution in [2.75, 3.05) is 9.80 Å². The van der Waals surface area contributed by atoms with Crippen LogP contribution in [0.15, 0.2) is 303 Å². The normalized spacial score (nSPS) is 16.0. The Labute approximate surface area is 518 Å². The average molecular weight is 1090 g/mol. The zero-order valence-corrected chi connectivity index (χ0v) is 44.6. The number of rotatable bonds is 8. The molecule has 2 aliphatic heterocycles. The molecular weight excluding hydrogens is 1020 g/mol. The molecule has 0 amide bonds. The summed E-state index contributed by atoms with van der Waals surface area (Å²) in [4.78, 5) is 4.15. The van der Waals surface area contributed by atoms with Gasteiger partial charge in [0.2, 0.25) is 0 Å². The van der Waals surface area contributed by atoms with E-state index in [9.17, 15) is 13.7 Å². The second-order valence-electron chi connectivity index (χ2n) is 21.0. The summed E-state index contributed by atoms with van der Waals surface area (Å²) in [7, 11) is 0. The van der Waals surface area contributed by atoms with Crippen molar-refractivity contribution in [1.29, 1.82) is 0 Å². The first-order valence-electron chi connectivity index (χ1n) is 37.9. The van der Waals surface area contributed by atoms with Crippen molar-refractivity contribution < 1.29 is 28.8 Å². The number of anilines is 6. The van der Waals surface area contributed by atoms with Crippen LogP contribution >= 0.6 is 0 Å². The molecule has 17 rings (SSSR count). The molecule has 0 spiro atoms. The van der Waals surface area contributed by atoms with Crippen LogP contribution < -0.4 is 26.2 Å². The number of nitrogens with zero attached hydrogens (tertiary/aromatic N) is 4. The number of fused-ring (bicyclic) bond motifs is 10. The quantitative estimate of drug-likeness (QED) is 0.141. The summed E-state index contributed by atoms with van der Waals surface area (Å²) >= 11 is 0. The molecule has 4 nitrogen and oxygen atoms in total. The van der Waals surface area contributed by atoms with E-state index in [0.717, 1.165) is 27.7 Å². The lowest BCUT2D eigenvalue weighted by Crippen LogP contribution is -2.61. The Bertz CT molecular complexity index is 5880. The Morgan fingerprint density at radius 3 is 1.07 bits per heavy atom. The molecule has 0 aliphatic carbocycles. The average Bonchev–Trinajstić information content (AvgIpc) is 1.52. The zero-order chi connectivity index (χ0) is 73.7. The van der Waals surface area contributed by atoms with E-state index in [1.165, 1.54) is 9.13 Å². The topological polar surface area (TPSA) is 16.3 Å². The van der Waals surface area contributed by atoms with Crippen LogP contribution in [0.4, 0.5) is 34.1 Å². The first kappa shape index (κ1) is 31.4. The molecule has 392 valence electrons. The predicted octanol–water partition coefficient (Wildman–Crippen LogP) is 18.9. The SMILES string of the molecule is [2H]c1c([2H])c([2H])c(-c2cc(C)cc(-c3cc4c5c(c3)N(c3ccc(-c6ccccc6)cc3)c3cc(-n6c7c([2H])c([2H])c([2H])c([2H])c7c7c([2H])c([2H])c([2H])c([2H])c76)ccc3B5c3ccc(-n5c6c([2H])c([2H])c([2H])c([2H])c6c6c([2H])c([2H])c([2H])c([2H])c65)cc3N4c3ccc(-c4ccccc4)cc3)c2)c([2H])c1[2H]. The van der Waals surface area contributed by atoms with Crippen molar-refractivity contribution in [3.63, 3.8) is 0 Å². The van der Waals surface area contributed by atoms with Crippen LogP contribution in [0.3, 0.4) is 0 Å². The third-order valence-corrected chi connectivity index (χ3v) is 16.3. The van der Waals surface area contributed by atoms with Crippen LogP contribution in [0.25, 0.3) is 99.5 Å². The van der Waals surface area contributed by atoms with Gasteiger partial charge < -0.3 is 18.9 Å². The second-order valence-corrected chi connectivity index (χ2v) is 21.0. The Kier molecular flexibility index (Phi) is 7.14. The maximum atomic E-state index is 9.59. The van der Waals surface area contributed by atoms with Gasteiger partial charge in [-0.2, -0.15) is 0 Å². The Balaban J connectivity index is 1.03. The van der Waals surface area contributed by atoms with Gasteiger partial charge in [0.1, 0.15) is 0 Å². The Morgan fingerprint density at radius 2 is 0.643 bits per heavy atom. The molecule has 2 aromatic heterocycles. The van der Waals surface area contributed by atoms with Crippen molar-refractivity contribution in [2.24, 2.45) is 0 Å². The maximum Gasteiger partial charge on any atom is 0.252 e. The molecule has 15 aromatic rings. The minimum atomic E-state index is -0.781. The smallest absolute Gasteiger partial charge is 0.252 e. The van der Waals surface area contributed by atoms with Crippen LogP contribution in [0.2, 0.25) is 0 Å². The third-order valence-electron chi connectivity index (χ3n) is 16.3. The summed E-state index contributed by atoms with van der Waals surface area (Å²) in [6, 6.07) is 44.9. The van der Waals surface area contributed by atoms with Gasteiger partial charge in [0.05, 0.1) is 50.9 Å². The van der Waals surface area contributed by atoms with Crippen LogP contribution in [0.5, 0.6) is 0 Å².